The van der Waals surface area contributed by atoms with E-state index in [9.17, 15) is 4.79 Å². The van der Waals surface area contributed by atoms with E-state index in [1.54, 1.807) is 0 Å². The molecule has 0 unspecified atom stereocenters. The third kappa shape index (κ3) is 3.38. The molecule has 0 fully saturated rings. The molecule has 2 nitrogen and oxygen atoms in total. The van der Waals surface area contributed by atoms with Crippen LogP contribution in [0.15, 0.2) is 30.3 Å². The zero-order valence-electron chi connectivity index (χ0n) is 7.79. The van der Waals surface area contributed by atoms with Gasteiger partial charge in [-0.25, -0.2) is 0 Å². The van der Waals surface area contributed by atoms with Crippen LogP contribution in [0.1, 0.15) is 12.5 Å². The molecule has 0 heterocycles. The summed E-state index contributed by atoms with van der Waals surface area (Å²) in [4.78, 5) is 10.5. The van der Waals surface area contributed by atoms with Gasteiger partial charge in [-0.1, -0.05) is 37.3 Å². The minimum Gasteiger partial charge on any atom is -0.307 e. The van der Waals surface area contributed by atoms with E-state index in [2.05, 4.69) is 5.32 Å². The first kappa shape index (κ1) is 9.93. The highest BCUT2D eigenvalue weighted by Crippen LogP contribution is 2.01. The number of nitrogens with one attached hydrogen (secondary N) is 1. The lowest BCUT2D eigenvalue weighted by molar-refractivity contribution is 0.517. The van der Waals surface area contributed by atoms with Crippen molar-refractivity contribution < 1.29 is 4.79 Å². The molecule has 0 spiro atoms. The fourth-order valence-corrected chi connectivity index (χ4v) is 1.25. The van der Waals surface area contributed by atoms with E-state index in [4.69, 9.17) is 0 Å². The van der Waals surface area contributed by atoms with Crippen LogP contribution in [0.2, 0.25) is 0 Å². The smallest absolute Gasteiger partial charge is 0.217 e. The van der Waals surface area contributed by atoms with E-state index in [-0.39, 0.29) is 6.04 Å². The van der Waals surface area contributed by atoms with Gasteiger partial charge in [0.25, 0.3) is 0 Å². The molecule has 0 amide bonds. The van der Waals surface area contributed by atoms with Gasteiger partial charge in [0.15, 0.2) is 0 Å². The van der Waals surface area contributed by atoms with Crippen molar-refractivity contribution in [1.29, 1.82) is 0 Å². The van der Waals surface area contributed by atoms with Crippen molar-refractivity contribution in [3.8, 4) is 0 Å². The summed E-state index contributed by atoms with van der Waals surface area (Å²) in [6, 6.07) is 9.78. The van der Waals surface area contributed by atoms with Gasteiger partial charge in [0.05, 0.1) is 6.04 Å². The average molecular weight is 176 g/mol. The van der Waals surface area contributed by atoms with Crippen molar-refractivity contribution in [1.82, 2.24) is 5.32 Å². The van der Waals surface area contributed by atoms with Crippen molar-refractivity contribution in [3.63, 3.8) is 0 Å². The Kier molecular flexibility index (Phi) is 4.19. The van der Waals surface area contributed by atoms with Gasteiger partial charge in [-0.05, 0) is 18.5 Å². The normalized spacial score (nSPS) is 12.4. The van der Waals surface area contributed by atoms with E-state index in [0.717, 1.165) is 18.5 Å². The van der Waals surface area contributed by atoms with Crippen LogP contribution in [-0.2, 0) is 11.2 Å². The second kappa shape index (κ2) is 5.49. The number of hydrogen-bond donors (Lipinski definition) is 1. The standard InChI is InChI=1S/C11H14NO/c1-2-12-11(9-13)8-10-6-4-3-5-7-10/h3-7,11-12H,2,8H2,1H3/t11-/m0/s1. The fraction of sp³-hybridized carbons (Fsp3) is 0.364. The Morgan fingerprint density at radius 3 is 2.62 bits per heavy atom. The summed E-state index contributed by atoms with van der Waals surface area (Å²) in [5, 5.41) is 3.06. The van der Waals surface area contributed by atoms with E-state index >= 15 is 0 Å². The molecule has 1 N–H and O–H groups in total. The van der Waals surface area contributed by atoms with Crippen molar-refractivity contribution >= 4 is 6.29 Å². The average Bonchev–Trinajstić information content (AvgIpc) is 2.19. The van der Waals surface area contributed by atoms with Crippen LogP contribution in [0.3, 0.4) is 0 Å². The third-order valence-electron chi connectivity index (χ3n) is 1.88. The van der Waals surface area contributed by atoms with Gasteiger partial charge in [-0.15, -0.1) is 0 Å². The van der Waals surface area contributed by atoms with Gasteiger partial charge in [0, 0.05) is 0 Å². The minimum absolute atomic E-state index is 0.174. The third-order valence-corrected chi connectivity index (χ3v) is 1.88. The maximum atomic E-state index is 10.5. The molecule has 1 aromatic carbocycles. The van der Waals surface area contributed by atoms with Crippen molar-refractivity contribution in [2.45, 2.75) is 19.4 Å². The summed E-state index contributed by atoms with van der Waals surface area (Å²) in [7, 11) is 0. The van der Waals surface area contributed by atoms with E-state index < -0.39 is 0 Å². The first-order valence-corrected chi connectivity index (χ1v) is 4.51. The molecular formula is C11H14NO. The van der Waals surface area contributed by atoms with Gasteiger partial charge in [-0.3, -0.25) is 4.79 Å². The van der Waals surface area contributed by atoms with Crippen LogP contribution >= 0.6 is 0 Å². The summed E-state index contributed by atoms with van der Waals surface area (Å²) in [6.07, 6.45) is 2.71. The molecule has 1 aromatic rings. The molecule has 0 aliphatic carbocycles. The molecule has 0 saturated heterocycles. The molecule has 1 radical (unpaired) electrons. The number of rotatable bonds is 5. The molecule has 0 saturated carbocycles. The monoisotopic (exact) mass is 176 g/mol. The second-order valence-electron chi connectivity index (χ2n) is 2.92. The molecular weight excluding hydrogens is 162 g/mol. The molecule has 0 aliphatic heterocycles. The van der Waals surface area contributed by atoms with Gasteiger partial charge in [0.1, 0.15) is 0 Å². The number of likely N-dealkylation sites (N-methyl/N-ethyl adjacent to an activating group) is 1. The van der Waals surface area contributed by atoms with Crippen LogP contribution in [0.5, 0.6) is 0 Å². The number of benzene rings is 1. The minimum atomic E-state index is -0.174. The first-order valence-electron chi connectivity index (χ1n) is 4.51. The summed E-state index contributed by atoms with van der Waals surface area (Å²) in [5.41, 5.74) is 1.16. The lowest BCUT2D eigenvalue weighted by Crippen LogP contribution is -2.32. The highest BCUT2D eigenvalue weighted by Gasteiger charge is 2.06. The van der Waals surface area contributed by atoms with E-state index in [1.165, 1.54) is 0 Å². The van der Waals surface area contributed by atoms with Crippen LogP contribution in [0.4, 0.5) is 0 Å². The Hall–Kier alpha value is -1.15. The predicted molar refractivity (Wildman–Crippen MR) is 53.3 cm³/mol. The Bertz CT molecular complexity index is 246. The molecule has 69 valence electrons. The van der Waals surface area contributed by atoms with Crippen LogP contribution in [0.25, 0.3) is 0 Å². The van der Waals surface area contributed by atoms with E-state index in [1.807, 2.05) is 43.5 Å². The van der Waals surface area contributed by atoms with Crippen molar-refractivity contribution in [3.05, 3.63) is 35.9 Å². The van der Waals surface area contributed by atoms with Crippen LogP contribution in [0, 0.1) is 0 Å². The Morgan fingerprint density at radius 1 is 1.38 bits per heavy atom. The predicted octanol–water partition coefficient (Wildman–Crippen LogP) is 1.32. The highest BCUT2D eigenvalue weighted by atomic mass is 16.1. The Labute approximate surface area is 79.0 Å². The van der Waals surface area contributed by atoms with Gasteiger partial charge < -0.3 is 5.32 Å². The van der Waals surface area contributed by atoms with Gasteiger partial charge in [-0.2, -0.15) is 0 Å². The maximum absolute atomic E-state index is 10.5. The quantitative estimate of drug-likeness (QED) is 0.733. The molecule has 1 atom stereocenters. The first-order chi connectivity index (χ1) is 6.36. The topological polar surface area (TPSA) is 29.1 Å². The van der Waals surface area contributed by atoms with Gasteiger partial charge in [0.2, 0.25) is 6.29 Å². The molecule has 2 heteroatoms. The molecule has 0 bridgehead atoms. The lowest BCUT2D eigenvalue weighted by Gasteiger charge is -2.09. The Morgan fingerprint density at radius 2 is 2.08 bits per heavy atom. The maximum Gasteiger partial charge on any atom is 0.217 e. The van der Waals surface area contributed by atoms with Gasteiger partial charge >= 0.3 is 0 Å². The largest absolute Gasteiger partial charge is 0.307 e. The zero-order valence-corrected chi connectivity index (χ0v) is 7.79. The summed E-state index contributed by atoms with van der Waals surface area (Å²) >= 11 is 0. The summed E-state index contributed by atoms with van der Waals surface area (Å²) in [5.74, 6) is 0. The molecule has 0 aromatic heterocycles. The second-order valence-corrected chi connectivity index (χ2v) is 2.92. The zero-order chi connectivity index (χ0) is 9.52. The molecule has 0 aliphatic rings. The lowest BCUT2D eigenvalue weighted by atomic mass is 10.1. The summed E-state index contributed by atoms with van der Waals surface area (Å²) in [6.45, 7) is 2.78. The fourth-order valence-electron chi connectivity index (χ4n) is 1.25. The van der Waals surface area contributed by atoms with Crippen LogP contribution < -0.4 is 5.32 Å². The van der Waals surface area contributed by atoms with Crippen molar-refractivity contribution in [2.75, 3.05) is 6.54 Å². The number of carbonyl (C=O) groups excluding carboxylic acids is 1. The Balaban J connectivity index is 2.51. The SMILES string of the molecule is CCN[C@H]([C]=O)Cc1ccccc1. The van der Waals surface area contributed by atoms with Crippen molar-refractivity contribution in [2.24, 2.45) is 0 Å². The number of hydrogen-bond acceptors (Lipinski definition) is 2. The highest BCUT2D eigenvalue weighted by molar-refractivity contribution is 5.59. The molecule has 13 heavy (non-hydrogen) atoms. The van der Waals surface area contributed by atoms with E-state index in [0.29, 0.717) is 0 Å². The molecule has 1 rings (SSSR count). The van der Waals surface area contributed by atoms with Crippen LogP contribution in [-0.4, -0.2) is 18.9 Å². The summed E-state index contributed by atoms with van der Waals surface area (Å²) < 4.78 is 0.